The normalized spacial score (nSPS) is 13.5. The summed E-state index contributed by atoms with van der Waals surface area (Å²) < 4.78 is 0. The molecule has 0 unspecified atom stereocenters. The van der Waals surface area contributed by atoms with Gasteiger partial charge >= 0.3 is 0 Å². The molecule has 60 valence electrons. The second-order valence-electron chi connectivity index (χ2n) is 1.97. The lowest BCUT2D eigenvalue weighted by atomic mass is 10.7. The van der Waals surface area contributed by atoms with Crippen molar-refractivity contribution in [1.82, 2.24) is 9.80 Å². The van der Waals surface area contributed by atoms with Crippen molar-refractivity contribution >= 4 is 17.0 Å². The second-order valence-corrected chi connectivity index (χ2v) is 1.97. The average Bonchev–Trinajstić information content (AvgIpc) is 2.37. The fourth-order valence-corrected chi connectivity index (χ4v) is 0.771. The van der Waals surface area contributed by atoms with Gasteiger partial charge in [-0.1, -0.05) is 12.5 Å². The first kappa shape index (κ1) is 10.1. The summed E-state index contributed by atoms with van der Waals surface area (Å²) in [7, 11) is 0. The van der Waals surface area contributed by atoms with Crippen LogP contribution >= 0.6 is 17.0 Å². The molecule has 0 aromatic carbocycles. The Morgan fingerprint density at radius 2 is 2.27 bits per heavy atom. The molecule has 0 aromatic heterocycles. The third-order valence-electron chi connectivity index (χ3n) is 1.24. The van der Waals surface area contributed by atoms with Gasteiger partial charge in [-0.15, -0.1) is 17.0 Å². The fraction of sp³-hybridized carbons (Fsp3) is 0.250. The Bertz CT molecular complexity index is 212. The molecular formula is C8H11BrN2. The van der Waals surface area contributed by atoms with Crippen LogP contribution in [-0.2, 0) is 0 Å². The summed E-state index contributed by atoms with van der Waals surface area (Å²) in [6, 6.07) is 2.92. The summed E-state index contributed by atoms with van der Waals surface area (Å²) in [6.07, 6.45) is 5.64. The molecule has 0 aromatic rings. The van der Waals surface area contributed by atoms with E-state index < -0.39 is 0 Å². The lowest BCUT2D eigenvalue weighted by molar-refractivity contribution is 0.407. The highest BCUT2D eigenvalue weighted by molar-refractivity contribution is 8.93. The van der Waals surface area contributed by atoms with Gasteiger partial charge in [-0.05, 0) is 13.1 Å². The van der Waals surface area contributed by atoms with Crippen molar-refractivity contribution in [3.05, 3.63) is 25.2 Å². The van der Waals surface area contributed by atoms with Crippen LogP contribution in [0.25, 0.3) is 0 Å². The maximum absolute atomic E-state index is 3.64. The summed E-state index contributed by atoms with van der Waals surface area (Å²) in [6.45, 7) is 6.26. The van der Waals surface area contributed by atoms with E-state index in [1.54, 1.807) is 6.20 Å². The number of hydrogen-bond acceptors (Lipinski definition) is 2. The van der Waals surface area contributed by atoms with Crippen LogP contribution in [0.3, 0.4) is 0 Å². The van der Waals surface area contributed by atoms with E-state index in [0.29, 0.717) is 0 Å². The Morgan fingerprint density at radius 1 is 1.55 bits per heavy atom. The molecule has 0 bridgehead atoms. The van der Waals surface area contributed by atoms with Crippen molar-refractivity contribution in [2.75, 3.05) is 6.67 Å². The van der Waals surface area contributed by atoms with Crippen molar-refractivity contribution in [3.63, 3.8) is 0 Å². The van der Waals surface area contributed by atoms with Crippen LogP contribution in [0, 0.1) is 12.0 Å². The summed E-state index contributed by atoms with van der Waals surface area (Å²) in [5.41, 5.74) is 0. The average molecular weight is 215 g/mol. The molecule has 1 aliphatic rings. The van der Waals surface area contributed by atoms with Crippen LogP contribution in [0.2, 0.25) is 0 Å². The van der Waals surface area contributed by atoms with Gasteiger partial charge < -0.3 is 4.90 Å². The van der Waals surface area contributed by atoms with Gasteiger partial charge in [-0.25, -0.2) is 0 Å². The Morgan fingerprint density at radius 3 is 2.73 bits per heavy atom. The van der Waals surface area contributed by atoms with Crippen molar-refractivity contribution in [3.8, 4) is 12.0 Å². The Hall–Kier alpha value is -0.880. The largest absolute Gasteiger partial charge is 0.334 e. The minimum Gasteiger partial charge on any atom is -0.334 e. The molecule has 1 heterocycles. The van der Waals surface area contributed by atoms with Crippen molar-refractivity contribution < 1.29 is 0 Å². The molecule has 0 fully saturated rings. The Balaban J connectivity index is 0.000001000. The maximum Gasteiger partial charge on any atom is 0.106 e. The molecule has 3 heteroatoms. The molecule has 0 spiro atoms. The quantitative estimate of drug-likeness (QED) is 0.614. The molecule has 0 amide bonds. The molecule has 0 atom stereocenters. The molecular weight excluding hydrogens is 204 g/mol. The molecule has 11 heavy (non-hydrogen) atoms. The number of hydrogen-bond donors (Lipinski definition) is 0. The predicted octanol–water partition coefficient (Wildman–Crippen LogP) is 1.73. The van der Waals surface area contributed by atoms with Gasteiger partial charge in [0, 0.05) is 18.4 Å². The highest BCUT2D eigenvalue weighted by Crippen LogP contribution is 2.03. The zero-order chi connectivity index (χ0) is 7.40. The second kappa shape index (κ2) is 4.86. The maximum atomic E-state index is 3.64. The van der Waals surface area contributed by atoms with Crippen LogP contribution in [0.4, 0.5) is 0 Å². The van der Waals surface area contributed by atoms with Gasteiger partial charge in [0.25, 0.3) is 0 Å². The number of halogens is 1. The summed E-state index contributed by atoms with van der Waals surface area (Å²) in [4.78, 5) is 3.87. The molecule has 0 saturated heterocycles. The van der Waals surface area contributed by atoms with Gasteiger partial charge in [0.05, 0.1) is 0 Å². The van der Waals surface area contributed by atoms with E-state index in [0.717, 1.165) is 6.67 Å². The third kappa shape index (κ3) is 2.69. The first-order valence-corrected chi connectivity index (χ1v) is 3.12. The van der Waals surface area contributed by atoms with Crippen molar-refractivity contribution in [1.29, 1.82) is 0 Å². The Kier molecular flexibility index (Phi) is 4.47. The zero-order valence-corrected chi connectivity index (χ0v) is 8.16. The van der Waals surface area contributed by atoms with E-state index in [1.807, 2.05) is 29.1 Å². The lowest BCUT2D eigenvalue weighted by Gasteiger charge is -2.10. The molecule has 0 saturated carbocycles. The third-order valence-corrected chi connectivity index (χ3v) is 1.24. The molecule has 2 nitrogen and oxygen atoms in total. The van der Waals surface area contributed by atoms with Gasteiger partial charge in [0.2, 0.25) is 0 Å². The van der Waals surface area contributed by atoms with Gasteiger partial charge in [-0.2, -0.15) is 0 Å². The highest BCUT2D eigenvalue weighted by atomic mass is 79.9. The topological polar surface area (TPSA) is 6.48 Å². The van der Waals surface area contributed by atoms with E-state index in [-0.39, 0.29) is 17.0 Å². The first-order valence-electron chi connectivity index (χ1n) is 3.12. The molecule has 0 N–H and O–H groups in total. The lowest BCUT2D eigenvalue weighted by Crippen LogP contribution is -2.16. The summed E-state index contributed by atoms with van der Waals surface area (Å²) in [5.74, 6) is 2.82. The molecule has 1 rings (SSSR count). The Labute approximate surface area is 77.9 Å². The minimum atomic E-state index is 0. The first-order chi connectivity index (χ1) is 4.86. The zero-order valence-electron chi connectivity index (χ0n) is 6.45. The van der Waals surface area contributed by atoms with Gasteiger partial charge in [0.1, 0.15) is 6.67 Å². The summed E-state index contributed by atoms with van der Waals surface area (Å²) in [5, 5.41) is 0. The van der Waals surface area contributed by atoms with Crippen LogP contribution < -0.4 is 0 Å². The molecule has 0 radical (unpaired) electrons. The molecule has 0 aliphatic carbocycles. The monoisotopic (exact) mass is 214 g/mol. The minimum absolute atomic E-state index is 0. The predicted molar refractivity (Wildman–Crippen MR) is 51.7 cm³/mol. The smallest absolute Gasteiger partial charge is 0.106 e. The van der Waals surface area contributed by atoms with Crippen LogP contribution in [0.15, 0.2) is 25.2 Å². The van der Waals surface area contributed by atoms with Crippen molar-refractivity contribution in [2.24, 2.45) is 0 Å². The number of nitrogens with zero attached hydrogens (tertiary/aromatic N) is 2. The number of rotatable bonds is 1. The fourth-order valence-electron chi connectivity index (χ4n) is 0.771. The highest BCUT2D eigenvalue weighted by Gasteiger charge is 2.04. The van der Waals surface area contributed by atoms with E-state index in [9.17, 15) is 0 Å². The summed E-state index contributed by atoms with van der Waals surface area (Å²) >= 11 is 0. The SMILES string of the molecule is Br.C=CN1C=CN(C#CC)C1. The van der Waals surface area contributed by atoms with E-state index in [2.05, 4.69) is 18.5 Å². The van der Waals surface area contributed by atoms with E-state index in [4.69, 9.17) is 0 Å². The standard InChI is InChI=1S/C8H10N2.BrH/c1-3-5-10-7-6-9(4-2)8-10;/h4,6-7H,2,8H2,1H3;1H. The van der Waals surface area contributed by atoms with E-state index >= 15 is 0 Å². The van der Waals surface area contributed by atoms with E-state index in [1.165, 1.54) is 0 Å². The van der Waals surface area contributed by atoms with Gasteiger partial charge in [-0.3, -0.25) is 4.90 Å². The van der Waals surface area contributed by atoms with Crippen LogP contribution in [0.5, 0.6) is 0 Å². The van der Waals surface area contributed by atoms with Gasteiger partial charge in [0.15, 0.2) is 0 Å². The van der Waals surface area contributed by atoms with Crippen molar-refractivity contribution in [2.45, 2.75) is 6.92 Å². The van der Waals surface area contributed by atoms with Crippen LogP contribution in [0.1, 0.15) is 6.92 Å². The van der Waals surface area contributed by atoms with Crippen LogP contribution in [-0.4, -0.2) is 16.5 Å². The molecule has 1 aliphatic heterocycles.